The molecule has 7 nitrogen and oxygen atoms in total. The molecule has 0 radical (unpaired) electrons. The molecule has 0 fully saturated rings. The van der Waals surface area contributed by atoms with E-state index >= 15 is 0 Å². The van der Waals surface area contributed by atoms with Gasteiger partial charge in [-0.05, 0) is 55.8 Å². The number of halogens is 1. The second-order valence-electron chi connectivity index (χ2n) is 6.74. The number of hydrogen-bond donors (Lipinski definition) is 1. The summed E-state index contributed by atoms with van der Waals surface area (Å²) in [6, 6.07) is 10.6. The summed E-state index contributed by atoms with van der Waals surface area (Å²) in [6.45, 7) is 4.20. The molecule has 3 rings (SSSR count). The Kier molecular flexibility index (Phi) is 6.54. The van der Waals surface area contributed by atoms with Crippen LogP contribution in [0.2, 0.25) is 5.02 Å². The number of fused-ring (bicyclic) bond motifs is 1. The number of hydrogen-bond acceptors (Lipinski definition) is 5. The highest BCUT2D eigenvalue weighted by Crippen LogP contribution is 2.26. The Morgan fingerprint density at radius 1 is 1.20 bits per heavy atom. The Morgan fingerprint density at radius 2 is 1.87 bits per heavy atom. The standard InChI is InChI=1S/C20H22ClN3O4S2/c1-4-16(24(30(3,27)28)15-9-6-13(21)7-10-15)19(25)22-14-8-11-17-18(12-14)29-20(26)23(17)5-2/h6-12,16H,4-5H2,1-3H3,(H,22,25)/t16-/m0/s1. The molecule has 1 heterocycles. The van der Waals surface area contributed by atoms with Gasteiger partial charge in [0, 0.05) is 17.3 Å². The molecule has 160 valence electrons. The van der Waals surface area contributed by atoms with Crippen LogP contribution in [0.1, 0.15) is 20.3 Å². The summed E-state index contributed by atoms with van der Waals surface area (Å²) in [4.78, 5) is 25.0. The number of nitrogens with one attached hydrogen (secondary N) is 1. The Labute approximate surface area is 183 Å². The lowest BCUT2D eigenvalue weighted by molar-refractivity contribution is -0.117. The fourth-order valence-electron chi connectivity index (χ4n) is 3.32. The van der Waals surface area contributed by atoms with E-state index in [9.17, 15) is 18.0 Å². The van der Waals surface area contributed by atoms with Crippen molar-refractivity contribution in [2.45, 2.75) is 32.9 Å². The van der Waals surface area contributed by atoms with Gasteiger partial charge in [-0.2, -0.15) is 0 Å². The minimum Gasteiger partial charge on any atom is -0.324 e. The molecule has 1 amide bonds. The number of thiazole rings is 1. The van der Waals surface area contributed by atoms with Gasteiger partial charge in [0.15, 0.2) is 0 Å². The van der Waals surface area contributed by atoms with Gasteiger partial charge in [0.25, 0.3) is 0 Å². The molecular formula is C20H22ClN3O4S2. The lowest BCUT2D eigenvalue weighted by atomic mass is 10.1. The molecule has 10 heteroatoms. The molecule has 0 spiro atoms. The van der Waals surface area contributed by atoms with E-state index < -0.39 is 22.0 Å². The number of carbonyl (C=O) groups excluding carboxylic acids is 1. The lowest BCUT2D eigenvalue weighted by Gasteiger charge is -2.30. The van der Waals surface area contributed by atoms with Crippen LogP contribution in [0.25, 0.3) is 10.2 Å². The van der Waals surface area contributed by atoms with Gasteiger partial charge in [-0.1, -0.05) is 29.9 Å². The van der Waals surface area contributed by atoms with Crippen molar-refractivity contribution in [3.63, 3.8) is 0 Å². The van der Waals surface area contributed by atoms with Gasteiger partial charge in [-0.15, -0.1) is 0 Å². The largest absolute Gasteiger partial charge is 0.324 e. The summed E-state index contributed by atoms with van der Waals surface area (Å²) in [7, 11) is -3.73. The van der Waals surface area contributed by atoms with E-state index in [1.165, 1.54) is 0 Å². The summed E-state index contributed by atoms with van der Waals surface area (Å²) >= 11 is 7.02. The minimum atomic E-state index is -3.73. The number of amides is 1. The summed E-state index contributed by atoms with van der Waals surface area (Å²) in [6.07, 6.45) is 1.33. The van der Waals surface area contributed by atoms with E-state index in [-0.39, 0.29) is 11.3 Å². The van der Waals surface area contributed by atoms with E-state index in [4.69, 9.17) is 11.6 Å². The summed E-state index contributed by atoms with van der Waals surface area (Å²) in [5.74, 6) is -0.459. The van der Waals surface area contributed by atoms with E-state index in [1.54, 1.807) is 54.0 Å². The predicted octanol–water partition coefficient (Wildman–Crippen LogP) is 3.92. The van der Waals surface area contributed by atoms with Crippen molar-refractivity contribution >= 4 is 60.5 Å². The fraction of sp³-hybridized carbons (Fsp3) is 0.300. The number of benzene rings is 2. The van der Waals surface area contributed by atoms with Gasteiger partial charge in [0.2, 0.25) is 15.9 Å². The molecule has 2 aromatic carbocycles. The van der Waals surface area contributed by atoms with E-state index in [2.05, 4.69) is 5.32 Å². The summed E-state index contributed by atoms with van der Waals surface area (Å²) < 4.78 is 28.5. The van der Waals surface area contributed by atoms with Gasteiger partial charge < -0.3 is 5.32 Å². The minimum absolute atomic E-state index is 0.0617. The lowest BCUT2D eigenvalue weighted by Crippen LogP contribution is -2.46. The number of anilines is 2. The van der Waals surface area contributed by atoms with Crippen LogP contribution in [0.4, 0.5) is 11.4 Å². The Balaban J connectivity index is 1.93. The first-order valence-corrected chi connectivity index (χ1v) is 12.4. The maximum Gasteiger partial charge on any atom is 0.308 e. The first kappa shape index (κ1) is 22.3. The van der Waals surface area contributed by atoms with Crippen LogP contribution in [-0.2, 0) is 21.4 Å². The van der Waals surface area contributed by atoms with Crippen LogP contribution in [0.5, 0.6) is 0 Å². The number of aromatic nitrogens is 1. The Bertz CT molecular complexity index is 1230. The van der Waals surface area contributed by atoms with Crippen LogP contribution in [0.3, 0.4) is 0 Å². The highest BCUT2D eigenvalue weighted by atomic mass is 35.5. The van der Waals surface area contributed by atoms with Crippen molar-refractivity contribution in [3.05, 3.63) is 57.2 Å². The molecule has 0 aliphatic heterocycles. The van der Waals surface area contributed by atoms with Crippen LogP contribution >= 0.6 is 22.9 Å². The average Bonchev–Trinajstić information content (AvgIpc) is 3.00. The zero-order valence-corrected chi connectivity index (χ0v) is 19.1. The molecule has 1 atom stereocenters. The van der Waals surface area contributed by atoms with Crippen LogP contribution in [-0.4, -0.2) is 31.2 Å². The Morgan fingerprint density at radius 3 is 2.43 bits per heavy atom. The van der Waals surface area contributed by atoms with Crippen molar-refractivity contribution in [2.24, 2.45) is 0 Å². The highest BCUT2D eigenvalue weighted by molar-refractivity contribution is 7.92. The Hall–Kier alpha value is -2.36. The van der Waals surface area contributed by atoms with Crippen molar-refractivity contribution in [3.8, 4) is 0 Å². The van der Waals surface area contributed by atoms with Crippen molar-refractivity contribution in [1.29, 1.82) is 0 Å². The molecule has 1 N–H and O–H groups in total. The SMILES string of the molecule is CC[C@@H](C(=O)Nc1ccc2c(c1)sc(=O)n2CC)N(c1ccc(Cl)cc1)S(C)(=O)=O. The zero-order valence-electron chi connectivity index (χ0n) is 16.8. The third-order valence-electron chi connectivity index (χ3n) is 4.66. The molecule has 0 aliphatic carbocycles. The van der Waals surface area contributed by atoms with Gasteiger partial charge >= 0.3 is 4.87 Å². The normalized spacial score (nSPS) is 12.7. The number of sulfonamides is 1. The third kappa shape index (κ3) is 4.53. The molecule has 30 heavy (non-hydrogen) atoms. The molecule has 3 aromatic rings. The molecule has 1 aromatic heterocycles. The van der Waals surface area contributed by atoms with E-state index in [1.807, 2.05) is 6.92 Å². The van der Waals surface area contributed by atoms with E-state index in [0.29, 0.717) is 22.9 Å². The molecule has 0 aliphatic rings. The summed E-state index contributed by atoms with van der Waals surface area (Å²) in [5, 5.41) is 3.26. The fourth-order valence-corrected chi connectivity index (χ4v) is 5.65. The van der Waals surface area contributed by atoms with Gasteiger partial charge in [0.05, 0.1) is 22.2 Å². The number of nitrogens with zero attached hydrogens (tertiary/aromatic N) is 2. The first-order chi connectivity index (χ1) is 14.2. The molecule has 0 saturated heterocycles. The average molecular weight is 468 g/mol. The topological polar surface area (TPSA) is 88.5 Å². The second kappa shape index (κ2) is 8.79. The monoisotopic (exact) mass is 467 g/mol. The van der Waals surface area contributed by atoms with Crippen LogP contribution in [0.15, 0.2) is 47.3 Å². The smallest absolute Gasteiger partial charge is 0.308 e. The second-order valence-corrected chi connectivity index (χ2v) is 10.0. The summed E-state index contributed by atoms with van der Waals surface area (Å²) in [5.41, 5.74) is 1.66. The number of rotatable bonds is 7. The van der Waals surface area contributed by atoms with Gasteiger partial charge in [-0.25, -0.2) is 8.42 Å². The molecule has 0 unspecified atom stereocenters. The maximum absolute atomic E-state index is 13.0. The quantitative estimate of drug-likeness (QED) is 0.570. The third-order valence-corrected chi connectivity index (χ3v) is 7.04. The highest BCUT2D eigenvalue weighted by Gasteiger charge is 2.31. The van der Waals surface area contributed by atoms with E-state index in [0.717, 1.165) is 32.1 Å². The van der Waals surface area contributed by atoms with Crippen molar-refractivity contribution in [2.75, 3.05) is 15.9 Å². The molecular weight excluding hydrogens is 446 g/mol. The number of aryl methyl sites for hydroxylation is 1. The maximum atomic E-state index is 13.0. The number of carbonyl (C=O) groups is 1. The molecule has 0 bridgehead atoms. The van der Waals surface area contributed by atoms with Gasteiger partial charge in [0.1, 0.15) is 6.04 Å². The van der Waals surface area contributed by atoms with Crippen LogP contribution < -0.4 is 14.5 Å². The zero-order chi connectivity index (χ0) is 22.1. The van der Waals surface area contributed by atoms with Crippen molar-refractivity contribution in [1.82, 2.24) is 4.57 Å². The van der Waals surface area contributed by atoms with Gasteiger partial charge in [-0.3, -0.25) is 18.5 Å². The van der Waals surface area contributed by atoms with Crippen LogP contribution in [0, 0.1) is 0 Å². The molecule has 0 saturated carbocycles. The van der Waals surface area contributed by atoms with Crippen molar-refractivity contribution < 1.29 is 13.2 Å². The predicted molar refractivity (Wildman–Crippen MR) is 123 cm³/mol. The first-order valence-electron chi connectivity index (χ1n) is 9.35.